The molecule has 0 spiro atoms. The number of aromatic nitrogens is 1. The van der Waals surface area contributed by atoms with Crippen LogP contribution >= 0.6 is 11.3 Å². The van der Waals surface area contributed by atoms with Gasteiger partial charge in [-0.2, -0.15) is 0 Å². The fraction of sp³-hybridized carbons (Fsp3) is 0.172. The number of carbonyl (C=O) groups excluding carboxylic acids is 3. The molecule has 2 aromatic heterocycles. The fourth-order valence-electron chi connectivity index (χ4n) is 4.78. The normalized spacial score (nSPS) is 14.5. The van der Waals surface area contributed by atoms with Crippen LogP contribution in [0.15, 0.2) is 53.9 Å². The van der Waals surface area contributed by atoms with Crippen molar-refractivity contribution >= 4 is 57.2 Å². The van der Waals surface area contributed by atoms with Crippen molar-refractivity contribution in [3.8, 4) is 11.5 Å². The van der Waals surface area contributed by atoms with E-state index in [0.717, 1.165) is 28.1 Å². The Labute approximate surface area is 221 Å². The predicted octanol–water partition coefficient (Wildman–Crippen LogP) is 5.51. The first-order valence-electron chi connectivity index (χ1n) is 12.1. The second kappa shape index (κ2) is 9.75. The molecule has 0 fully saturated rings. The number of anilines is 1. The molecule has 8 nitrogen and oxygen atoms in total. The second-order valence-corrected chi connectivity index (χ2v) is 9.93. The van der Waals surface area contributed by atoms with Gasteiger partial charge in [0.15, 0.2) is 23.9 Å². The Morgan fingerprint density at radius 1 is 1.08 bits per heavy atom. The SMILES string of the molecule is CC(=O)c1cc2c(cc1NC(=O)COC(=O)c1c3c(nc4ccccc14)/C(=C/c1cccs1)CC3)OCO2. The highest BCUT2D eigenvalue weighted by Gasteiger charge is 2.28. The maximum Gasteiger partial charge on any atom is 0.339 e. The van der Waals surface area contributed by atoms with Gasteiger partial charge in [0.2, 0.25) is 6.79 Å². The van der Waals surface area contributed by atoms with Gasteiger partial charge in [0.1, 0.15) is 0 Å². The largest absolute Gasteiger partial charge is 0.454 e. The van der Waals surface area contributed by atoms with Crippen LogP contribution in [-0.2, 0) is 16.0 Å². The monoisotopic (exact) mass is 526 g/mol. The summed E-state index contributed by atoms with van der Waals surface area (Å²) in [5.74, 6) is -0.559. The van der Waals surface area contributed by atoms with Crippen LogP contribution in [0.5, 0.6) is 11.5 Å². The number of hydrogen-bond donors (Lipinski definition) is 1. The summed E-state index contributed by atoms with van der Waals surface area (Å²) in [6.07, 6.45) is 3.52. The van der Waals surface area contributed by atoms with Gasteiger partial charge in [-0.05, 0) is 60.6 Å². The number of esters is 1. The van der Waals surface area contributed by atoms with Gasteiger partial charge in [-0.3, -0.25) is 9.59 Å². The van der Waals surface area contributed by atoms with Crippen LogP contribution in [0.4, 0.5) is 5.69 Å². The zero-order chi connectivity index (χ0) is 26.2. The van der Waals surface area contributed by atoms with E-state index in [1.807, 2.05) is 41.8 Å². The van der Waals surface area contributed by atoms with E-state index in [2.05, 4.69) is 11.4 Å². The summed E-state index contributed by atoms with van der Waals surface area (Å²) >= 11 is 1.64. The fourth-order valence-corrected chi connectivity index (χ4v) is 5.47. The molecule has 0 saturated heterocycles. The van der Waals surface area contributed by atoms with E-state index < -0.39 is 18.5 Å². The van der Waals surface area contributed by atoms with Crippen LogP contribution < -0.4 is 14.8 Å². The molecule has 38 heavy (non-hydrogen) atoms. The summed E-state index contributed by atoms with van der Waals surface area (Å²) in [5, 5.41) is 5.36. The first kappa shape index (κ1) is 23.9. The Balaban J connectivity index is 1.26. The molecule has 4 aromatic rings. The minimum Gasteiger partial charge on any atom is -0.454 e. The smallest absolute Gasteiger partial charge is 0.339 e. The summed E-state index contributed by atoms with van der Waals surface area (Å²) in [5.41, 5.74) is 4.35. The van der Waals surface area contributed by atoms with Gasteiger partial charge in [0, 0.05) is 21.9 Å². The van der Waals surface area contributed by atoms with Crippen molar-refractivity contribution in [2.45, 2.75) is 19.8 Å². The number of ether oxygens (including phenoxy) is 3. The molecular weight excluding hydrogens is 504 g/mol. The molecule has 3 heterocycles. The summed E-state index contributed by atoms with van der Waals surface area (Å²) < 4.78 is 16.2. The number of carbonyl (C=O) groups is 3. The summed E-state index contributed by atoms with van der Waals surface area (Å²) in [6.45, 7) is 0.910. The molecule has 2 aliphatic rings. The zero-order valence-corrected chi connectivity index (χ0v) is 21.2. The van der Waals surface area contributed by atoms with Crippen molar-refractivity contribution < 1.29 is 28.6 Å². The predicted molar refractivity (Wildman–Crippen MR) is 144 cm³/mol. The van der Waals surface area contributed by atoms with Gasteiger partial charge < -0.3 is 19.5 Å². The molecule has 1 amide bonds. The molecular formula is C29H22N2O6S. The van der Waals surface area contributed by atoms with Gasteiger partial charge in [0.05, 0.1) is 22.5 Å². The van der Waals surface area contributed by atoms with Crippen LogP contribution in [0, 0.1) is 0 Å². The van der Waals surface area contributed by atoms with Crippen molar-refractivity contribution in [1.29, 1.82) is 0 Å². The number of benzene rings is 2. The molecule has 0 radical (unpaired) electrons. The van der Waals surface area contributed by atoms with Gasteiger partial charge in [-0.15, -0.1) is 11.3 Å². The van der Waals surface area contributed by atoms with E-state index >= 15 is 0 Å². The van der Waals surface area contributed by atoms with E-state index in [1.165, 1.54) is 19.1 Å². The average molecular weight is 527 g/mol. The van der Waals surface area contributed by atoms with Crippen molar-refractivity contribution in [3.63, 3.8) is 0 Å². The van der Waals surface area contributed by atoms with Crippen molar-refractivity contribution in [2.24, 2.45) is 0 Å². The number of nitrogens with one attached hydrogen (secondary N) is 1. The van der Waals surface area contributed by atoms with Gasteiger partial charge >= 0.3 is 5.97 Å². The van der Waals surface area contributed by atoms with Gasteiger partial charge in [-0.1, -0.05) is 24.3 Å². The van der Waals surface area contributed by atoms with Crippen molar-refractivity contribution in [2.75, 3.05) is 18.7 Å². The number of amides is 1. The number of nitrogens with zero attached hydrogens (tertiary/aromatic N) is 1. The van der Waals surface area contributed by atoms with Gasteiger partial charge in [0.25, 0.3) is 5.91 Å². The van der Waals surface area contributed by atoms with Crippen LogP contribution in [0.2, 0.25) is 0 Å². The molecule has 190 valence electrons. The molecule has 1 aliphatic carbocycles. The summed E-state index contributed by atoms with van der Waals surface area (Å²) in [6, 6.07) is 14.5. The minimum atomic E-state index is -0.593. The second-order valence-electron chi connectivity index (χ2n) is 8.95. The number of Topliss-reactive ketones (excluding diaryl/α,β-unsaturated/α-hetero) is 1. The number of para-hydroxylation sites is 1. The lowest BCUT2D eigenvalue weighted by molar-refractivity contribution is -0.119. The lowest BCUT2D eigenvalue weighted by Crippen LogP contribution is -2.22. The maximum absolute atomic E-state index is 13.4. The highest BCUT2D eigenvalue weighted by molar-refractivity contribution is 7.10. The van der Waals surface area contributed by atoms with E-state index in [9.17, 15) is 14.4 Å². The molecule has 0 unspecified atom stereocenters. The highest BCUT2D eigenvalue weighted by Crippen LogP contribution is 2.39. The highest BCUT2D eigenvalue weighted by atomic mass is 32.1. The summed E-state index contributed by atoms with van der Waals surface area (Å²) in [4.78, 5) is 44.2. The van der Waals surface area contributed by atoms with Gasteiger partial charge in [-0.25, -0.2) is 9.78 Å². The minimum absolute atomic E-state index is 0.0378. The molecule has 2 aromatic carbocycles. The lowest BCUT2D eigenvalue weighted by atomic mass is 10.0. The topological polar surface area (TPSA) is 104 Å². The maximum atomic E-state index is 13.4. The van der Waals surface area contributed by atoms with Crippen molar-refractivity contribution in [1.82, 2.24) is 4.98 Å². The number of allylic oxidation sites excluding steroid dienone is 1. The molecule has 1 N–H and O–H groups in total. The van der Waals surface area contributed by atoms with Crippen LogP contribution in [0.25, 0.3) is 22.6 Å². The molecule has 6 rings (SSSR count). The van der Waals surface area contributed by atoms with E-state index in [0.29, 0.717) is 34.4 Å². The van der Waals surface area contributed by atoms with E-state index in [4.69, 9.17) is 19.2 Å². The number of fused-ring (bicyclic) bond motifs is 3. The standard InChI is InChI=1S/C29H22N2O6S/c1-16(32)21-12-24-25(37-15-36-24)13-23(21)30-26(33)14-35-29(34)27-19-6-2-3-7-22(19)31-28-17(8-9-20(27)28)11-18-5-4-10-38-18/h2-7,10-13H,8-9,14-15H2,1H3,(H,30,33)/b17-11+. The third-order valence-electron chi connectivity index (χ3n) is 6.51. The molecule has 1 aliphatic heterocycles. The Bertz CT molecular complexity index is 1640. The number of ketones is 1. The molecule has 9 heteroatoms. The van der Waals surface area contributed by atoms with E-state index in [-0.39, 0.29) is 23.8 Å². The molecule has 0 saturated carbocycles. The number of thiophene rings is 1. The Morgan fingerprint density at radius 3 is 2.68 bits per heavy atom. The average Bonchev–Trinajstić information content (AvgIpc) is 3.67. The summed E-state index contributed by atoms with van der Waals surface area (Å²) in [7, 11) is 0. The van der Waals surface area contributed by atoms with Crippen LogP contribution in [-0.4, -0.2) is 36.0 Å². The Kier molecular flexibility index (Phi) is 6.13. The third-order valence-corrected chi connectivity index (χ3v) is 7.33. The van der Waals surface area contributed by atoms with Crippen LogP contribution in [0.3, 0.4) is 0 Å². The first-order valence-corrected chi connectivity index (χ1v) is 12.9. The molecule has 0 atom stereocenters. The molecule has 0 bridgehead atoms. The number of rotatable bonds is 6. The zero-order valence-electron chi connectivity index (χ0n) is 20.4. The Morgan fingerprint density at radius 2 is 1.89 bits per heavy atom. The first-order chi connectivity index (χ1) is 18.5. The van der Waals surface area contributed by atoms with Crippen molar-refractivity contribution in [3.05, 3.63) is 81.2 Å². The number of pyridine rings is 1. The van der Waals surface area contributed by atoms with Crippen LogP contribution in [0.1, 0.15) is 50.2 Å². The Hall–Kier alpha value is -4.50. The van der Waals surface area contributed by atoms with E-state index in [1.54, 1.807) is 11.3 Å². The lowest BCUT2D eigenvalue weighted by Gasteiger charge is -2.13. The quantitative estimate of drug-likeness (QED) is 0.261. The number of hydrogen-bond acceptors (Lipinski definition) is 8. The third kappa shape index (κ3) is 4.41.